The van der Waals surface area contributed by atoms with E-state index < -0.39 is 34.8 Å². The summed E-state index contributed by atoms with van der Waals surface area (Å²) in [4.78, 5) is 59.3. The second-order valence-electron chi connectivity index (χ2n) is 16.6. The van der Waals surface area contributed by atoms with Gasteiger partial charge in [0.05, 0.1) is 52.2 Å². The van der Waals surface area contributed by atoms with Gasteiger partial charge in [-0.25, -0.2) is 13.6 Å². The van der Waals surface area contributed by atoms with Crippen molar-refractivity contribution < 1.29 is 52.1 Å². The zero-order valence-electron chi connectivity index (χ0n) is 38.8. The molecule has 0 saturated heterocycles. The number of rotatable bonds is 16. The van der Waals surface area contributed by atoms with E-state index in [1.807, 2.05) is 0 Å². The van der Waals surface area contributed by atoms with Gasteiger partial charge >= 0.3 is 5.97 Å². The molecule has 0 bridgehead atoms. The van der Waals surface area contributed by atoms with Crippen LogP contribution in [0.25, 0.3) is 67.1 Å². The number of aromatic carboxylic acids is 1. The largest absolute Gasteiger partial charge is 0.478 e. The third kappa shape index (κ3) is 11.1. The maximum atomic E-state index is 13.6. The number of furan rings is 2. The van der Waals surface area contributed by atoms with Crippen LogP contribution in [0.15, 0.2) is 118 Å². The molecular formula is C53H47F2N7O9. The third-order valence-electron chi connectivity index (χ3n) is 11.1. The van der Waals surface area contributed by atoms with Gasteiger partial charge in [-0.2, -0.15) is 15.2 Å². The van der Waals surface area contributed by atoms with Gasteiger partial charge in [-0.3, -0.25) is 14.4 Å². The highest BCUT2D eigenvalue weighted by Crippen LogP contribution is 2.40. The van der Waals surface area contributed by atoms with Gasteiger partial charge in [-0.15, -0.1) is 0 Å². The number of carboxylic acids is 1. The summed E-state index contributed by atoms with van der Waals surface area (Å²) in [6.07, 6.45) is 0.0590. The molecule has 362 valence electrons. The molecule has 0 aliphatic carbocycles. The summed E-state index contributed by atoms with van der Waals surface area (Å²) in [6, 6.07) is 29.9. The molecular weight excluding hydrogens is 917 g/mol. The number of hydrogen-bond donors (Lipinski definition) is 7. The maximum Gasteiger partial charge on any atom is 0.335 e. The molecule has 18 heteroatoms. The lowest BCUT2D eigenvalue weighted by molar-refractivity contribution is 0.0696. The first-order chi connectivity index (χ1) is 34.1. The Kier molecular flexibility index (Phi) is 15.3. The number of ketones is 1. The zero-order chi connectivity index (χ0) is 51.0. The number of fused-ring (bicyclic) bond motifs is 2. The number of carbonyl (C=O) groups is 4. The normalized spacial score (nSPS) is 11.1. The summed E-state index contributed by atoms with van der Waals surface area (Å²) in [6.45, 7) is 3.51. The molecule has 16 nitrogen and oxygen atoms in total. The number of hydrogen-bond acceptors (Lipinski definition) is 13. The lowest BCUT2D eigenvalue weighted by Crippen LogP contribution is -2.18. The van der Waals surface area contributed by atoms with Crippen molar-refractivity contribution in [3.8, 4) is 51.0 Å². The first-order valence-electron chi connectivity index (χ1n) is 22.1. The number of anilines is 2. The van der Waals surface area contributed by atoms with E-state index in [4.69, 9.17) is 8.83 Å². The Morgan fingerprint density at radius 1 is 0.634 bits per heavy atom. The molecule has 4 aromatic heterocycles. The van der Waals surface area contributed by atoms with Gasteiger partial charge in [0.2, 0.25) is 11.4 Å². The summed E-state index contributed by atoms with van der Waals surface area (Å²) >= 11 is 0. The maximum absolute atomic E-state index is 13.6. The molecule has 2 amide bonds. The third-order valence-corrected chi connectivity index (χ3v) is 11.1. The van der Waals surface area contributed by atoms with E-state index in [0.29, 0.717) is 61.4 Å². The summed E-state index contributed by atoms with van der Waals surface area (Å²) in [5, 5.41) is 49.5. The van der Waals surface area contributed by atoms with E-state index in [1.165, 1.54) is 74.8 Å². The molecule has 0 unspecified atom stereocenters. The lowest BCUT2D eigenvalue weighted by Gasteiger charge is -2.15. The van der Waals surface area contributed by atoms with E-state index in [2.05, 4.69) is 37.3 Å². The highest BCUT2D eigenvalue weighted by molar-refractivity contribution is 6.13. The lowest BCUT2D eigenvalue weighted by atomic mass is 9.86. The van der Waals surface area contributed by atoms with Crippen LogP contribution in [0, 0.1) is 28.4 Å². The standard InChI is InChI=1S/C29H27FN4O4.C24H20FN3O5/c1-29(2,16-31)15-23(36)19-6-4-5-18(13-19)21-14-22-24(27(37)32-3)25(17-7-9-20(30)10-8-17)38-28(22)34-26(21)33-11-12-35;1-26-22(30)19-18-12-17(14-3-2-4-15(11-14)24(31)32)21(27-9-10-29)28-23(18)33-20(19)13-5-7-16(25)8-6-13/h4-10,13-14,35H,11-12,15H2,1-3H3,(H,32,37)(H,33,34);2-8,11-12,29H,9-10H2,1H3,(H,26,30)(H,27,28)(H,31,32). The molecule has 7 N–H and O–H groups in total. The van der Waals surface area contributed by atoms with Crippen molar-refractivity contribution >= 4 is 57.4 Å². The number of aliphatic hydroxyl groups is 2. The first kappa shape index (κ1) is 50.1. The quantitative estimate of drug-likeness (QED) is 0.0447. The summed E-state index contributed by atoms with van der Waals surface area (Å²) in [5.74, 6) is -1.74. The molecule has 0 aliphatic heterocycles. The van der Waals surface area contributed by atoms with Gasteiger partial charge < -0.3 is 45.4 Å². The van der Waals surface area contributed by atoms with Gasteiger partial charge in [-0.05, 0) is 104 Å². The highest BCUT2D eigenvalue weighted by atomic mass is 19.1. The number of aromatic nitrogens is 2. The van der Waals surface area contributed by atoms with E-state index in [1.54, 1.807) is 62.4 Å². The molecule has 0 saturated carbocycles. The Morgan fingerprint density at radius 2 is 1.06 bits per heavy atom. The van der Waals surface area contributed by atoms with Crippen LogP contribution in [0.1, 0.15) is 61.7 Å². The number of halogens is 2. The Bertz CT molecular complexity index is 3340. The second kappa shape index (κ2) is 21.7. The predicted octanol–water partition coefficient (Wildman–Crippen LogP) is 8.95. The monoisotopic (exact) mass is 963 g/mol. The van der Waals surface area contributed by atoms with Crippen LogP contribution in [0.2, 0.25) is 0 Å². The highest BCUT2D eigenvalue weighted by Gasteiger charge is 2.27. The van der Waals surface area contributed by atoms with Gasteiger partial charge in [0.25, 0.3) is 11.8 Å². The Labute approximate surface area is 405 Å². The van der Waals surface area contributed by atoms with Crippen LogP contribution in [-0.4, -0.2) is 89.3 Å². The number of nitriles is 1. The number of carbonyl (C=O) groups excluding carboxylic acids is 3. The molecule has 4 heterocycles. The van der Waals surface area contributed by atoms with E-state index >= 15 is 0 Å². The number of amides is 2. The zero-order valence-corrected chi connectivity index (χ0v) is 38.8. The molecule has 0 radical (unpaired) electrons. The number of aliphatic hydroxyl groups excluding tert-OH is 2. The van der Waals surface area contributed by atoms with Crippen molar-refractivity contribution in [2.45, 2.75) is 20.3 Å². The number of nitrogens with zero attached hydrogens (tertiary/aromatic N) is 3. The average Bonchev–Trinajstić information content (AvgIpc) is 3.95. The van der Waals surface area contributed by atoms with Crippen LogP contribution in [0.4, 0.5) is 20.4 Å². The molecule has 0 atom stereocenters. The van der Waals surface area contributed by atoms with Crippen LogP contribution < -0.4 is 21.3 Å². The SMILES string of the molecule is CNC(=O)c1c(-c2ccc(F)cc2)oc2nc(NCCO)c(-c3cccc(C(=O)CC(C)(C)C#N)c3)cc12.CNC(=O)c1c(-c2ccc(F)cc2)oc2nc(NCCO)c(-c3cccc(C(=O)O)c3)cc12. The van der Waals surface area contributed by atoms with E-state index in [9.17, 15) is 48.5 Å². The Morgan fingerprint density at radius 3 is 1.45 bits per heavy atom. The molecule has 0 fully saturated rings. The minimum absolute atomic E-state index is 0.0590. The molecule has 8 aromatic rings. The van der Waals surface area contributed by atoms with E-state index in [-0.39, 0.29) is 78.1 Å². The topological polar surface area (TPSA) is 253 Å². The minimum Gasteiger partial charge on any atom is -0.478 e. The van der Waals surface area contributed by atoms with Crippen LogP contribution >= 0.6 is 0 Å². The predicted molar refractivity (Wildman–Crippen MR) is 263 cm³/mol. The minimum atomic E-state index is -1.08. The van der Waals surface area contributed by atoms with Crippen molar-refractivity contribution in [2.24, 2.45) is 5.41 Å². The summed E-state index contributed by atoms with van der Waals surface area (Å²) in [7, 11) is 2.98. The molecule has 0 spiro atoms. The Balaban J connectivity index is 0.000000211. The number of pyridine rings is 2. The summed E-state index contributed by atoms with van der Waals surface area (Å²) < 4.78 is 38.9. The number of carboxylic acid groups (broad SMARTS) is 1. The van der Waals surface area contributed by atoms with Crippen LogP contribution in [-0.2, 0) is 0 Å². The average molecular weight is 964 g/mol. The van der Waals surface area contributed by atoms with Crippen LogP contribution in [0.3, 0.4) is 0 Å². The fourth-order valence-corrected chi connectivity index (χ4v) is 7.64. The first-order valence-corrected chi connectivity index (χ1v) is 22.1. The number of nitrogens with one attached hydrogen (secondary N) is 4. The fraction of sp³-hybridized carbons (Fsp3) is 0.189. The van der Waals surface area contributed by atoms with Gasteiger partial charge in [0.15, 0.2) is 5.78 Å². The van der Waals surface area contributed by atoms with Crippen LogP contribution in [0.5, 0.6) is 0 Å². The molecule has 0 aliphatic rings. The van der Waals surface area contributed by atoms with Crippen molar-refractivity contribution in [2.75, 3.05) is 51.0 Å². The molecule has 71 heavy (non-hydrogen) atoms. The summed E-state index contributed by atoms with van der Waals surface area (Å²) in [5.41, 5.74) is 3.80. The fourth-order valence-electron chi connectivity index (χ4n) is 7.64. The van der Waals surface area contributed by atoms with Crippen molar-refractivity contribution in [1.82, 2.24) is 20.6 Å². The molecule has 8 rings (SSSR count). The van der Waals surface area contributed by atoms with Crippen molar-refractivity contribution in [1.29, 1.82) is 5.26 Å². The van der Waals surface area contributed by atoms with Gasteiger partial charge in [0, 0.05) is 61.4 Å². The smallest absolute Gasteiger partial charge is 0.335 e. The van der Waals surface area contributed by atoms with Crippen molar-refractivity contribution in [3.05, 3.63) is 143 Å². The van der Waals surface area contributed by atoms with Gasteiger partial charge in [0.1, 0.15) is 34.8 Å². The molecule has 4 aromatic carbocycles. The number of benzene rings is 4. The number of Topliss-reactive ketones (excluding diaryl/α,β-unsaturated/α-hetero) is 1. The van der Waals surface area contributed by atoms with Gasteiger partial charge in [-0.1, -0.05) is 30.3 Å². The van der Waals surface area contributed by atoms with E-state index in [0.717, 1.165) is 0 Å². The Hall–Kier alpha value is -8.79. The second-order valence-corrected chi connectivity index (χ2v) is 16.6. The van der Waals surface area contributed by atoms with Crippen molar-refractivity contribution in [3.63, 3.8) is 0 Å².